The molecule has 1 amide bonds. The molecule has 0 saturated heterocycles. The SMILES string of the molecule is C[C@H](Oc1cccc2cccnc12)C(=O)N/N=C/c1cc([N+](=O)[O-])ccc1O. The van der Waals surface area contributed by atoms with Crippen LogP contribution in [0.25, 0.3) is 10.9 Å². The average molecular weight is 380 g/mol. The molecule has 0 aliphatic rings. The summed E-state index contributed by atoms with van der Waals surface area (Å²) in [6.45, 7) is 1.55. The van der Waals surface area contributed by atoms with Gasteiger partial charge in [0.15, 0.2) is 6.10 Å². The molecular formula is C19H16N4O5. The highest BCUT2D eigenvalue weighted by Crippen LogP contribution is 2.24. The number of amides is 1. The predicted molar refractivity (Wildman–Crippen MR) is 102 cm³/mol. The molecule has 142 valence electrons. The topological polar surface area (TPSA) is 127 Å². The van der Waals surface area contributed by atoms with Gasteiger partial charge < -0.3 is 9.84 Å². The third-order valence-electron chi connectivity index (χ3n) is 3.87. The summed E-state index contributed by atoms with van der Waals surface area (Å²) in [5, 5.41) is 25.1. The highest BCUT2D eigenvalue weighted by Gasteiger charge is 2.16. The molecule has 1 aromatic heterocycles. The van der Waals surface area contributed by atoms with E-state index in [0.717, 1.165) is 17.7 Å². The number of hydrogen-bond acceptors (Lipinski definition) is 7. The number of carbonyl (C=O) groups is 1. The molecule has 28 heavy (non-hydrogen) atoms. The van der Waals surface area contributed by atoms with E-state index in [2.05, 4.69) is 15.5 Å². The molecule has 1 atom stereocenters. The first-order chi connectivity index (χ1) is 13.5. The van der Waals surface area contributed by atoms with Crippen molar-refractivity contribution in [1.82, 2.24) is 10.4 Å². The lowest BCUT2D eigenvalue weighted by Gasteiger charge is -2.14. The largest absolute Gasteiger partial charge is 0.507 e. The van der Waals surface area contributed by atoms with Gasteiger partial charge in [-0.05, 0) is 25.1 Å². The number of non-ortho nitro benzene ring substituents is 1. The van der Waals surface area contributed by atoms with Crippen molar-refractivity contribution in [3.63, 3.8) is 0 Å². The number of benzene rings is 2. The molecule has 3 aromatic rings. The van der Waals surface area contributed by atoms with Gasteiger partial charge in [0.25, 0.3) is 11.6 Å². The van der Waals surface area contributed by atoms with E-state index in [1.807, 2.05) is 12.1 Å². The normalized spacial score (nSPS) is 12.0. The van der Waals surface area contributed by atoms with Gasteiger partial charge in [-0.2, -0.15) is 5.10 Å². The van der Waals surface area contributed by atoms with Crippen LogP contribution in [-0.2, 0) is 4.79 Å². The average Bonchev–Trinajstić information content (AvgIpc) is 2.69. The Morgan fingerprint density at radius 3 is 2.89 bits per heavy atom. The van der Waals surface area contributed by atoms with Crippen molar-refractivity contribution in [3.05, 3.63) is 70.4 Å². The fraction of sp³-hybridized carbons (Fsp3) is 0.105. The Kier molecular flexibility index (Phi) is 5.45. The van der Waals surface area contributed by atoms with Gasteiger partial charge in [-0.25, -0.2) is 5.43 Å². The van der Waals surface area contributed by atoms with Crippen LogP contribution in [0, 0.1) is 10.1 Å². The minimum Gasteiger partial charge on any atom is -0.507 e. The summed E-state index contributed by atoms with van der Waals surface area (Å²) in [6.07, 6.45) is 1.88. The maximum absolute atomic E-state index is 12.2. The Labute approximate surface area is 159 Å². The lowest BCUT2D eigenvalue weighted by Crippen LogP contribution is -2.33. The van der Waals surface area contributed by atoms with Crippen molar-refractivity contribution < 1.29 is 19.6 Å². The summed E-state index contributed by atoms with van der Waals surface area (Å²) >= 11 is 0. The number of ether oxygens (including phenoxy) is 1. The van der Waals surface area contributed by atoms with Gasteiger partial charge >= 0.3 is 0 Å². The third-order valence-corrected chi connectivity index (χ3v) is 3.87. The van der Waals surface area contributed by atoms with Crippen LogP contribution >= 0.6 is 0 Å². The predicted octanol–water partition coefficient (Wildman–Crippen LogP) is 2.77. The lowest BCUT2D eigenvalue weighted by molar-refractivity contribution is -0.384. The first kappa shape index (κ1) is 18.8. The third kappa shape index (κ3) is 4.21. The summed E-state index contributed by atoms with van der Waals surface area (Å²) in [6, 6.07) is 12.6. The van der Waals surface area contributed by atoms with Crippen molar-refractivity contribution in [2.24, 2.45) is 5.10 Å². The second kappa shape index (κ2) is 8.12. The molecule has 9 heteroatoms. The van der Waals surface area contributed by atoms with Crippen LogP contribution in [-0.4, -0.2) is 33.2 Å². The summed E-state index contributed by atoms with van der Waals surface area (Å²) in [4.78, 5) is 26.6. The molecule has 3 rings (SSSR count). The standard InChI is InChI=1S/C19H16N4O5/c1-12(28-17-6-2-4-13-5-3-9-20-18(13)17)19(25)22-21-11-14-10-15(23(26)27)7-8-16(14)24/h2-12,24H,1H3,(H,22,25)/b21-11+/t12-/m0/s1. The van der Waals surface area contributed by atoms with Crippen LogP contribution < -0.4 is 10.2 Å². The second-order valence-electron chi connectivity index (χ2n) is 5.83. The molecule has 2 aromatic carbocycles. The number of phenolic OH excluding ortho intramolecular Hbond substituents is 1. The van der Waals surface area contributed by atoms with Gasteiger partial charge in [-0.3, -0.25) is 19.9 Å². The zero-order chi connectivity index (χ0) is 20.1. The van der Waals surface area contributed by atoms with Gasteiger partial charge in [0.2, 0.25) is 0 Å². The van der Waals surface area contributed by atoms with Gasteiger partial charge in [-0.1, -0.05) is 18.2 Å². The summed E-state index contributed by atoms with van der Waals surface area (Å²) in [5.41, 5.74) is 2.81. The minimum atomic E-state index is -0.872. The van der Waals surface area contributed by atoms with Crippen LogP contribution in [0.3, 0.4) is 0 Å². The number of rotatable bonds is 6. The Hall–Kier alpha value is -4.01. The van der Waals surface area contributed by atoms with E-state index < -0.39 is 16.9 Å². The molecule has 0 saturated carbocycles. The molecule has 2 N–H and O–H groups in total. The molecule has 0 aliphatic heterocycles. The quantitative estimate of drug-likeness (QED) is 0.385. The zero-order valence-corrected chi connectivity index (χ0v) is 14.8. The van der Waals surface area contributed by atoms with Gasteiger partial charge in [0.05, 0.1) is 11.1 Å². The highest BCUT2D eigenvalue weighted by atomic mass is 16.6. The molecule has 0 radical (unpaired) electrons. The van der Waals surface area contributed by atoms with Gasteiger partial charge in [-0.15, -0.1) is 0 Å². The Morgan fingerprint density at radius 2 is 2.11 bits per heavy atom. The number of nitro groups is 1. The number of nitro benzene ring substituents is 1. The first-order valence-electron chi connectivity index (χ1n) is 8.26. The van der Waals surface area contributed by atoms with E-state index in [1.165, 1.54) is 12.1 Å². The van der Waals surface area contributed by atoms with Crippen LogP contribution in [0.5, 0.6) is 11.5 Å². The fourth-order valence-corrected chi connectivity index (χ4v) is 2.43. The summed E-state index contributed by atoms with van der Waals surface area (Å²) in [5.74, 6) is -0.273. The molecule has 0 bridgehead atoms. The van der Waals surface area contributed by atoms with Crippen molar-refractivity contribution in [3.8, 4) is 11.5 Å². The molecular weight excluding hydrogens is 364 g/mol. The van der Waals surface area contributed by atoms with Crippen LogP contribution in [0.4, 0.5) is 5.69 Å². The van der Waals surface area contributed by atoms with Crippen molar-refractivity contribution in [1.29, 1.82) is 0 Å². The van der Waals surface area contributed by atoms with E-state index in [4.69, 9.17) is 4.74 Å². The van der Waals surface area contributed by atoms with Crippen molar-refractivity contribution in [2.75, 3.05) is 0 Å². The van der Waals surface area contributed by atoms with E-state index >= 15 is 0 Å². The number of pyridine rings is 1. The Morgan fingerprint density at radius 1 is 1.32 bits per heavy atom. The number of fused-ring (bicyclic) bond motifs is 1. The Bertz CT molecular complexity index is 1060. The molecule has 0 spiro atoms. The molecule has 0 fully saturated rings. The van der Waals surface area contributed by atoms with E-state index in [0.29, 0.717) is 11.3 Å². The fourth-order valence-electron chi connectivity index (χ4n) is 2.43. The highest BCUT2D eigenvalue weighted by molar-refractivity contribution is 5.88. The number of hydrazone groups is 1. The number of aromatic nitrogens is 1. The zero-order valence-electron chi connectivity index (χ0n) is 14.8. The van der Waals surface area contributed by atoms with Crippen LogP contribution in [0.15, 0.2) is 59.8 Å². The maximum Gasteiger partial charge on any atom is 0.280 e. The van der Waals surface area contributed by atoms with E-state index in [9.17, 15) is 20.0 Å². The van der Waals surface area contributed by atoms with Crippen molar-refractivity contribution in [2.45, 2.75) is 13.0 Å². The van der Waals surface area contributed by atoms with Crippen LogP contribution in [0.2, 0.25) is 0 Å². The molecule has 1 heterocycles. The van der Waals surface area contributed by atoms with E-state index in [1.54, 1.807) is 31.3 Å². The first-order valence-corrected chi connectivity index (χ1v) is 8.26. The minimum absolute atomic E-state index is 0.0984. The van der Waals surface area contributed by atoms with Gasteiger partial charge in [0, 0.05) is 29.3 Å². The number of phenols is 1. The number of para-hydroxylation sites is 1. The van der Waals surface area contributed by atoms with Crippen LogP contribution in [0.1, 0.15) is 12.5 Å². The monoisotopic (exact) mass is 380 g/mol. The second-order valence-corrected chi connectivity index (χ2v) is 5.83. The molecule has 9 nitrogen and oxygen atoms in total. The Balaban J connectivity index is 1.67. The lowest BCUT2D eigenvalue weighted by atomic mass is 10.2. The van der Waals surface area contributed by atoms with Crippen molar-refractivity contribution >= 4 is 28.7 Å². The number of carbonyl (C=O) groups excluding carboxylic acids is 1. The number of nitrogens with one attached hydrogen (secondary N) is 1. The van der Waals surface area contributed by atoms with Gasteiger partial charge in [0.1, 0.15) is 17.0 Å². The maximum atomic E-state index is 12.2. The van der Waals surface area contributed by atoms with E-state index in [-0.39, 0.29) is 17.0 Å². The summed E-state index contributed by atoms with van der Waals surface area (Å²) < 4.78 is 5.68. The smallest absolute Gasteiger partial charge is 0.280 e. The number of hydrogen-bond donors (Lipinski definition) is 2. The number of aromatic hydroxyl groups is 1. The number of nitrogens with zero attached hydrogens (tertiary/aromatic N) is 3. The summed E-state index contributed by atoms with van der Waals surface area (Å²) in [7, 11) is 0. The molecule has 0 unspecified atom stereocenters. The molecule has 0 aliphatic carbocycles.